The molecule has 102 valence electrons. The van der Waals surface area contributed by atoms with Crippen molar-refractivity contribution < 1.29 is 5.11 Å². The van der Waals surface area contributed by atoms with Crippen molar-refractivity contribution in [2.75, 3.05) is 13.1 Å². The zero-order chi connectivity index (χ0) is 13.4. The van der Waals surface area contributed by atoms with Crippen molar-refractivity contribution in [3.05, 3.63) is 27.1 Å². The van der Waals surface area contributed by atoms with E-state index in [-0.39, 0.29) is 11.7 Å². The van der Waals surface area contributed by atoms with Gasteiger partial charge in [0, 0.05) is 18.3 Å². The van der Waals surface area contributed by atoms with Gasteiger partial charge in [0.05, 0.1) is 12.6 Å². The molecule has 1 N–H and O–H groups in total. The van der Waals surface area contributed by atoms with Crippen LogP contribution in [0.15, 0.2) is 10.9 Å². The maximum absolute atomic E-state index is 11.8. The largest absolute Gasteiger partial charge is 0.392 e. The molecule has 1 saturated heterocycles. The summed E-state index contributed by atoms with van der Waals surface area (Å²) in [5, 5.41) is 14.8. The van der Waals surface area contributed by atoms with Gasteiger partial charge in [-0.05, 0) is 26.3 Å². The van der Waals surface area contributed by atoms with E-state index in [2.05, 4.69) is 15.0 Å². The predicted octanol–water partition coefficient (Wildman–Crippen LogP) is 0.416. The van der Waals surface area contributed by atoms with E-state index in [1.807, 2.05) is 6.92 Å². The van der Waals surface area contributed by atoms with Gasteiger partial charge >= 0.3 is 0 Å². The lowest BCUT2D eigenvalue weighted by molar-refractivity contribution is 0.0666. The Kier molecular flexibility index (Phi) is 3.34. The second-order valence-electron chi connectivity index (χ2n) is 4.96. The topological polar surface area (TPSA) is 70.7 Å². The summed E-state index contributed by atoms with van der Waals surface area (Å²) < 4.78 is 1.35. The van der Waals surface area contributed by atoms with Gasteiger partial charge in [-0.25, -0.2) is 4.98 Å². The molecule has 0 saturated carbocycles. The number of hydrogen-bond donors (Lipinski definition) is 1. The number of hydrogen-bond acceptors (Lipinski definition) is 6. The van der Waals surface area contributed by atoms with Gasteiger partial charge in [-0.3, -0.25) is 9.69 Å². The molecular weight excluding hydrogens is 264 g/mol. The zero-order valence-corrected chi connectivity index (χ0v) is 11.6. The first-order valence-corrected chi connectivity index (χ1v) is 7.20. The quantitative estimate of drug-likeness (QED) is 0.863. The number of likely N-dealkylation sites (tertiary alicyclic amines) is 1. The Morgan fingerprint density at radius 1 is 1.58 bits per heavy atom. The van der Waals surface area contributed by atoms with Gasteiger partial charge in [0.25, 0.3) is 5.56 Å². The van der Waals surface area contributed by atoms with Gasteiger partial charge in [-0.15, -0.1) is 0 Å². The predicted molar refractivity (Wildman–Crippen MR) is 72.4 cm³/mol. The maximum atomic E-state index is 11.8. The van der Waals surface area contributed by atoms with Crippen LogP contribution < -0.4 is 5.56 Å². The second kappa shape index (κ2) is 4.99. The summed E-state index contributed by atoms with van der Waals surface area (Å²) in [5.74, 6) is 0. The number of nitrogens with zero attached hydrogens (tertiary/aromatic N) is 4. The van der Waals surface area contributed by atoms with Gasteiger partial charge in [0.15, 0.2) is 0 Å². The first-order chi connectivity index (χ1) is 9.11. The molecule has 19 heavy (non-hydrogen) atoms. The van der Waals surface area contributed by atoms with Gasteiger partial charge in [0.1, 0.15) is 5.01 Å². The highest BCUT2D eigenvalue weighted by Gasteiger charge is 2.19. The van der Waals surface area contributed by atoms with Crippen LogP contribution in [0.5, 0.6) is 0 Å². The Bertz CT molecular complexity index is 651. The second-order valence-corrected chi connectivity index (χ2v) is 6.00. The summed E-state index contributed by atoms with van der Waals surface area (Å²) in [6.07, 6.45) is 1.63. The minimum Gasteiger partial charge on any atom is -0.392 e. The van der Waals surface area contributed by atoms with Crippen molar-refractivity contribution in [1.29, 1.82) is 0 Å². The summed E-state index contributed by atoms with van der Waals surface area (Å²) in [6, 6.07) is 1.49. The van der Waals surface area contributed by atoms with Gasteiger partial charge in [-0.2, -0.15) is 9.61 Å². The smallest absolute Gasteiger partial charge is 0.275 e. The number of aryl methyl sites for hydroxylation is 1. The third-order valence-corrected chi connectivity index (χ3v) is 4.15. The van der Waals surface area contributed by atoms with Crippen LogP contribution in [0.4, 0.5) is 0 Å². The van der Waals surface area contributed by atoms with Crippen molar-refractivity contribution in [3.63, 3.8) is 0 Å². The molecule has 0 unspecified atom stereocenters. The van der Waals surface area contributed by atoms with E-state index >= 15 is 0 Å². The lowest BCUT2D eigenvalue weighted by Crippen LogP contribution is -2.37. The molecular formula is C12H16N4O2S. The lowest BCUT2D eigenvalue weighted by Gasteiger charge is -2.28. The number of β-amino-alcohol motifs (C(OH)–C–C–N with tert-alkyl or cyclic N) is 1. The van der Waals surface area contributed by atoms with Gasteiger partial charge < -0.3 is 5.11 Å². The average Bonchev–Trinajstić information content (AvgIpc) is 2.71. The standard InChI is InChI=1S/C12H16N4O2S/c1-8-5-11(18)16-12(13-8)19-10(14-16)7-15-4-2-3-9(17)6-15/h5,9,17H,2-4,6-7H2,1H3/t9-/m0/s1. The molecule has 0 aromatic carbocycles. The Morgan fingerprint density at radius 2 is 2.42 bits per heavy atom. The zero-order valence-electron chi connectivity index (χ0n) is 10.7. The van der Waals surface area contributed by atoms with Crippen LogP contribution in [0.1, 0.15) is 23.5 Å². The fourth-order valence-electron chi connectivity index (χ4n) is 2.39. The number of piperidine rings is 1. The van der Waals surface area contributed by atoms with Crippen LogP contribution >= 0.6 is 11.3 Å². The summed E-state index contributed by atoms with van der Waals surface area (Å²) in [4.78, 5) is 18.9. The van der Waals surface area contributed by atoms with E-state index < -0.39 is 0 Å². The highest BCUT2D eigenvalue weighted by molar-refractivity contribution is 7.16. The number of aliphatic hydroxyl groups excluding tert-OH is 1. The van der Waals surface area contributed by atoms with E-state index in [4.69, 9.17) is 0 Å². The first-order valence-electron chi connectivity index (χ1n) is 6.38. The number of aliphatic hydroxyl groups is 1. The third-order valence-electron chi connectivity index (χ3n) is 3.25. The monoisotopic (exact) mass is 280 g/mol. The molecule has 1 fully saturated rings. The van der Waals surface area contributed by atoms with E-state index in [0.29, 0.717) is 23.7 Å². The van der Waals surface area contributed by atoms with E-state index in [1.165, 1.54) is 21.9 Å². The third kappa shape index (κ3) is 2.68. The van der Waals surface area contributed by atoms with Gasteiger partial charge in [-0.1, -0.05) is 11.3 Å². The molecule has 1 aliphatic heterocycles. The molecule has 7 heteroatoms. The van der Waals surface area contributed by atoms with E-state index in [9.17, 15) is 9.90 Å². The molecule has 0 bridgehead atoms. The van der Waals surface area contributed by atoms with E-state index in [0.717, 1.165) is 24.4 Å². The summed E-state index contributed by atoms with van der Waals surface area (Å²) in [7, 11) is 0. The van der Waals surface area contributed by atoms with Crippen molar-refractivity contribution in [1.82, 2.24) is 19.5 Å². The highest BCUT2D eigenvalue weighted by atomic mass is 32.1. The number of aromatic nitrogens is 3. The Balaban J connectivity index is 1.85. The molecule has 2 aromatic rings. The first kappa shape index (κ1) is 12.7. The summed E-state index contributed by atoms with van der Waals surface area (Å²) >= 11 is 1.44. The molecule has 0 amide bonds. The highest BCUT2D eigenvalue weighted by Crippen LogP contribution is 2.17. The van der Waals surface area contributed by atoms with Crippen molar-refractivity contribution in [2.24, 2.45) is 0 Å². The molecule has 0 aliphatic carbocycles. The number of rotatable bonds is 2. The average molecular weight is 280 g/mol. The minimum atomic E-state index is -0.244. The van der Waals surface area contributed by atoms with Crippen LogP contribution in [0.25, 0.3) is 4.96 Å². The fraction of sp³-hybridized carbons (Fsp3) is 0.583. The summed E-state index contributed by atoms with van der Waals surface area (Å²) in [6.45, 7) is 4.12. The molecule has 0 radical (unpaired) electrons. The van der Waals surface area contributed by atoms with Crippen molar-refractivity contribution in [3.8, 4) is 0 Å². The Morgan fingerprint density at radius 3 is 3.21 bits per heavy atom. The molecule has 1 atom stereocenters. The van der Waals surface area contributed by atoms with Crippen LogP contribution in [-0.4, -0.2) is 43.8 Å². The summed E-state index contributed by atoms with van der Waals surface area (Å²) in [5.41, 5.74) is 0.581. The Labute approximate surface area is 114 Å². The molecule has 6 nitrogen and oxygen atoms in total. The minimum absolute atomic E-state index is 0.135. The van der Waals surface area contributed by atoms with E-state index in [1.54, 1.807) is 0 Å². The Hall–Kier alpha value is -1.31. The van der Waals surface area contributed by atoms with Crippen LogP contribution in [0, 0.1) is 6.92 Å². The van der Waals surface area contributed by atoms with Gasteiger partial charge in [0.2, 0.25) is 4.96 Å². The van der Waals surface area contributed by atoms with Crippen LogP contribution in [0.3, 0.4) is 0 Å². The van der Waals surface area contributed by atoms with Crippen molar-refractivity contribution >= 4 is 16.3 Å². The van der Waals surface area contributed by atoms with Crippen LogP contribution in [0.2, 0.25) is 0 Å². The molecule has 3 rings (SSSR count). The molecule has 2 aromatic heterocycles. The lowest BCUT2D eigenvalue weighted by atomic mass is 10.1. The van der Waals surface area contributed by atoms with Crippen LogP contribution in [-0.2, 0) is 6.54 Å². The SMILES string of the molecule is Cc1cc(=O)n2nc(CN3CCC[C@H](O)C3)sc2n1. The van der Waals surface area contributed by atoms with Crippen molar-refractivity contribution in [2.45, 2.75) is 32.4 Å². The number of fused-ring (bicyclic) bond motifs is 1. The normalized spacial score (nSPS) is 21.1. The molecule has 1 aliphatic rings. The molecule has 0 spiro atoms. The fourth-order valence-corrected chi connectivity index (χ4v) is 3.38. The molecule has 3 heterocycles. The maximum Gasteiger partial charge on any atom is 0.275 e.